The molecule has 20 heavy (non-hydrogen) atoms. The molecule has 0 aromatic carbocycles. The number of rotatable bonds is 3. The molecule has 2 aliphatic rings. The number of carbonyl (C=O) groups is 3. The second-order valence-electron chi connectivity index (χ2n) is 5.60. The molecule has 7 heteroatoms. The zero-order chi connectivity index (χ0) is 14.7. The van der Waals surface area contributed by atoms with Crippen molar-refractivity contribution in [2.75, 3.05) is 26.7 Å². The van der Waals surface area contributed by atoms with E-state index in [9.17, 15) is 14.4 Å². The van der Waals surface area contributed by atoms with Crippen LogP contribution in [0.2, 0.25) is 0 Å². The van der Waals surface area contributed by atoms with Gasteiger partial charge in [0.2, 0.25) is 5.91 Å². The number of piperidine rings is 1. The van der Waals surface area contributed by atoms with Crippen LogP contribution in [-0.2, 0) is 9.59 Å². The predicted molar refractivity (Wildman–Crippen MR) is 71.1 cm³/mol. The third kappa shape index (κ3) is 3.40. The van der Waals surface area contributed by atoms with Crippen LogP contribution in [0, 0.1) is 5.92 Å². The number of nitrogens with zero attached hydrogens (tertiary/aromatic N) is 2. The molecule has 0 aromatic heterocycles. The molecule has 2 fully saturated rings. The minimum atomic E-state index is -0.829. The number of hydrogen-bond donors (Lipinski definition) is 2. The van der Waals surface area contributed by atoms with Crippen molar-refractivity contribution in [1.82, 2.24) is 15.1 Å². The van der Waals surface area contributed by atoms with Gasteiger partial charge in [0.15, 0.2) is 0 Å². The van der Waals surface area contributed by atoms with Crippen LogP contribution in [0.1, 0.15) is 25.7 Å². The van der Waals surface area contributed by atoms with Crippen LogP contribution in [-0.4, -0.2) is 65.5 Å². The average molecular weight is 283 g/mol. The Kier molecular flexibility index (Phi) is 4.46. The van der Waals surface area contributed by atoms with Gasteiger partial charge in [-0.2, -0.15) is 0 Å². The minimum absolute atomic E-state index is 0.00829. The average Bonchev–Trinajstić information content (AvgIpc) is 2.70. The van der Waals surface area contributed by atoms with Crippen molar-refractivity contribution < 1.29 is 19.5 Å². The Labute approximate surface area is 117 Å². The maximum atomic E-state index is 12.1. The Hall–Kier alpha value is -1.79. The standard InChI is InChI=1S/C13H21N3O4/c1-15-6-4-10(12(15)19)14-13(20)16-5-2-3-9(8-16)7-11(17)18/h9-10H,2-8H2,1H3,(H,14,20)(H,17,18). The molecule has 112 valence electrons. The third-order valence-corrected chi connectivity index (χ3v) is 3.99. The summed E-state index contributed by atoms with van der Waals surface area (Å²) in [6.45, 7) is 1.74. The molecule has 2 unspecified atom stereocenters. The smallest absolute Gasteiger partial charge is 0.318 e. The summed E-state index contributed by atoms with van der Waals surface area (Å²) in [5.74, 6) is -0.878. The monoisotopic (exact) mass is 283 g/mol. The molecule has 2 N–H and O–H groups in total. The molecule has 0 saturated carbocycles. The van der Waals surface area contributed by atoms with Gasteiger partial charge in [-0.25, -0.2) is 4.79 Å². The number of hydrogen-bond acceptors (Lipinski definition) is 3. The molecule has 3 amide bonds. The molecule has 2 heterocycles. The van der Waals surface area contributed by atoms with Crippen molar-refractivity contribution >= 4 is 17.9 Å². The van der Waals surface area contributed by atoms with E-state index in [1.165, 1.54) is 0 Å². The molecule has 2 aliphatic heterocycles. The minimum Gasteiger partial charge on any atom is -0.481 e. The Morgan fingerprint density at radius 1 is 1.35 bits per heavy atom. The lowest BCUT2D eigenvalue weighted by atomic mass is 9.95. The predicted octanol–water partition coefficient (Wildman–Crippen LogP) is 0.113. The number of likely N-dealkylation sites (N-methyl/N-ethyl adjacent to an activating group) is 1. The van der Waals surface area contributed by atoms with Crippen LogP contribution in [0.25, 0.3) is 0 Å². The van der Waals surface area contributed by atoms with Gasteiger partial charge in [0.05, 0.1) is 0 Å². The van der Waals surface area contributed by atoms with Crippen LogP contribution >= 0.6 is 0 Å². The molecule has 0 aliphatic carbocycles. The van der Waals surface area contributed by atoms with E-state index in [0.717, 1.165) is 12.8 Å². The first kappa shape index (κ1) is 14.6. The summed E-state index contributed by atoms with van der Waals surface area (Å²) in [5, 5.41) is 11.6. The van der Waals surface area contributed by atoms with Crippen molar-refractivity contribution in [3.05, 3.63) is 0 Å². The fraction of sp³-hybridized carbons (Fsp3) is 0.769. The molecule has 0 spiro atoms. The lowest BCUT2D eigenvalue weighted by Crippen LogP contribution is -2.50. The fourth-order valence-electron chi connectivity index (χ4n) is 2.86. The van der Waals surface area contributed by atoms with E-state index < -0.39 is 12.0 Å². The highest BCUT2D eigenvalue weighted by molar-refractivity contribution is 5.88. The van der Waals surface area contributed by atoms with Crippen molar-refractivity contribution in [2.45, 2.75) is 31.7 Å². The van der Waals surface area contributed by atoms with Crippen molar-refractivity contribution in [1.29, 1.82) is 0 Å². The zero-order valence-corrected chi connectivity index (χ0v) is 11.7. The first-order valence-electron chi connectivity index (χ1n) is 6.99. The van der Waals surface area contributed by atoms with Gasteiger partial charge in [0.1, 0.15) is 6.04 Å². The SMILES string of the molecule is CN1CCC(NC(=O)N2CCCC(CC(=O)O)C2)C1=O. The normalized spacial score (nSPS) is 26.8. The molecule has 2 saturated heterocycles. The molecule has 0 radical (unpaired) electrons. The van der Waals surface area contributed by atoms with Crippen LogP contribution < -0.4 is 5.32 Å². The van der Waals surface area contributed by atoms with Gasteiger partial charge in [-0.15, -0.1) is 0 Å². The quantitative estimate of drug-likeness (QED) is 0.769. The summed E-state index contributed by atoms with van der Waals surface area (Å²) in [6, 6.07) is -0.693. The van der Waals surface area contributed by atoms with Gasteiger partial charge in [-0.1, -0.05) is 0 Å². The van der Waals surface area contributed by atoms with E-state index in [-0.39, 0.29) is 24.3 Å². The van der Waals surface area contributed by atoms with Gasteiger partial charge in [-0.3, -0.25) is 9.59 Å². The fourth-order valence-corrected chi connectivity index (χ4v) is 2.86. The molecular weight excluding hydrogens is 262 g/mol. The Bertz CT molecular complexity index is 412. The lowest BCUT2D eigenvalue weighted by Gasteiger charge is -2.32. The van der Waals surface area contributed by atoms with Crippen molar-refractivity contribution in [2.24, 2.45) is 5.92 Å². The van der Waals surface area contributed by atoms with Crippen LogP contribution in [0.15, 0.2) is 0 Å². The number of aliphatic carboxylic acids is 1. The Morgan fingerprint density at radius 2 is 2.10 bits per heavy atom. The van der Waals surface area contributed by atoms with Gasteiger partial charge in [0.25, 0.3) is 0 Å². The van der Waals surface area contributed by atoms with Gasteiger partial charge in [-0.05, 0) is 25.2 Å². The second-order valence-corrected chi connectivity index (χ2v) is 5.60. The largest absolute Gasteiger partial charge is 0.481 e. The first-order chi connectivity index (χ1) is 9.47. The highest BCUT2D eigenvalue weighted by atomic mass is 16.4. The summed E-state index contributed by atoms with van der Waals surface area (Å²) < 4.78 is 0. The van der Waals surface area contributed by atoms with Gasteiger partial charge in [0, 0.05) is 33.1 Å². The van der Waals surface area contributed by atoms with E-state index in [1.807, 2.05) is 0 Å². The maximum absolute atomic E-state index is 12.1. The summed E-state index contributed by atoms with van der Waals surface area (Å²) in [4.78, 5) is 37.8. The number of carbonyl (C=O) groups excluding carboxylic acids is 2. The number of nitrogens with one attached hydrogen (secondary N) is 1. The number of likely N-dealkylation sites (tertiary alicyclic amines) is 2. The van der Waals surface area contributed by atoms with Crippen LogP contribution in [0.4, 0.5) is 4.79 Å². The molecule has 7 nitrogen and oxygen atoms in total. The molecule has 2 rings (SSSR count). The summed E-state index contributed by atoms with van der Waals surface area (Å²) in [5.41, 5.74) is 0. The number of amides is 3. The summed E-state index contributed by atoms with van der Waals surface area (Å²) in [7, 11) is 1.72. The van der Waals surface area contributed by atoms with Gasteiger partial charge >= 0.3 is 12.0 Å². The Morgan fingerprint density at radius 3 is 2.70 bits per heavy atom. The van der Waals surface area contributed by atoms with Crippen LogP contribution in [0.5, 0.6) is 0 Å². The van der Waals surface area contributed by atoms with Crippen LogP contribution in [0.3, 0.4) is 0 Å². The highest BCUT2D eigenvalue weighted by Crippen LogP contribution is 2.20. The zero-order valence-electron chi connectivity index (χ0n) is 11.7. The van der Waals surface area contributed by atoms with E-state index >= 15 is 0 Å². The first-order valence-corrected chi connectivity index (χ1v) is 6.99. The molecule has 2 atom stereocenters. The van der Waals surface area contributed by atoms with E-state index in [0.29, 0.717) is 26.1 Å². The third-order valence-electron chi connectivity index (χ3n) is 3.99. The van der Waals surface area contributed by atoms with Crippen molar-refractivity contribution in [3.63, 3.8) is 0 Å². The second kappa shape index (κ2) is 6.11. The van der Waals surface area contributed by atoms with Gasteiger partial charge < -0.3 is 20.2 Å². The lowest BCUT2D eigenvalue weighted by molar-refractivity contribution is -0.138. The van der Waals surface area contributed by atoms with Crippen molar-refractivity contribution in [3.8, 4) is 0 Å². The highest BCUT2D eigenvalue weighted by Gasteiger charge is 2.32. The number of urea groups is 1. The number of carboxylic acid groups (broad SMARTS) is 1. The van der Waals surface area contributed by atoms with E-state index in [1.54, 1.807) is 16.8 Å². The maximum Gasteiger partial charge on any atom is 0.318 e. The number of carboxylic acids is 1. The van der Waals surface area contributed by atoms with E-state index in [2.05, 4.69) is 5.32 Å². The van der Waals surface area contributed by atoms with E-state index in [4.69, 9.17) is 5.11 Å². The topological polar surface area (TPSA) is 90.0 Å². The molecule has 0 bridgehead atoms. The Balaban J connectivity index is 1.86. The summed E-state index contributed by atoms with van der Waals surface area (Å²) >= 11 is 0. The summed E-state index contributed by atoms with van der Waals surface area (Å²) in [6.07, 6.45) is 2.37. The molecule has 0 aromatic rings. The molecular formula is C13H21N3O4.